The van der Waals surface area contributed by atoms with Gasteiger partial charge in [-0.1, -0.05) is 43.7 Å². The minimum Gasteiger partial charge on any atom is -0.400 e. The summed E-state index contributed by atoms with van der Waals surface area (Å²) in [5, 5.41) is 3.49. The number of rotatable bonds is 7. The molecule has 0 spiro atoms. The normalized spacial score (nSPS) is 14.0. The van der Waals surface area contributed by atoms with E-state index in [9.17, 15) is 0 Å². The molecule has 0 saturated carbocycles. The van der Waals surface area contributed by atoms with E-state index in [1.54, 1.807) is 13.3 Å². The topological polar surface area (TPSA) is 50.4 Å². The summed E-state index contributed by atoms with van der Waals surface area (Å²) in [5.41, 5.74) is 8.11. The first kappa shape index (κ1) is 14.5. The smallest absolute Gasteiger partial charge is 0.0724 e. The molecule has 3 N–H and O–H groups in total. The average molecular weight is 245 g/mol. The lowest BCUT2D eigenvalue weighted by molar-refractivity contribution is 0.568. The van der Waals surface area contributed by atoms with Crippen LogP contribution in [0.3, 0.4) is 0 Å². The van der Waals surface area contributed by atoms with Crippen molar-refractivity contribution < 1.29 is 0 Å². The fourth-order valence-corrected chi connectivity index (χ4v) is 1.75. The molecule has 0 aliphatic carbocycles. The van der Waals surface area contributed by atoms with Crippen LogP contribution in [0.1, 0.15) is 31.4 Å². The number of unbranched alkanes of at least 4 members (excludes halogenated alkanes) is 1. The van der Waals surface area contributed by atoms with E-state index < -0.39 is 0 Å². The van der Waals surface area contributed by atoms with Crippen LogP contribution in [0.4, 0.5) is 0 Å². The largest absolute Gasteiger partial charge is 0.400 e. The van der Waals surface area contributed by atoms with Gasteiger partial charge < -0.3 is 11.1 Å². The van der Waals surface area contributed by atoms with E-state index in [0.717, 1.165) is 18.7 Å². The number of hydrogen-bond donors (Lipinski definition) is 2. The van der Waals surface area contributed by atoms with E-state index in [4.69, 9.17) is 5.73 Å². The second-order valence-electron chi connectivity index (χ2n) is 4.23. The van der Waals surface area contributed by atoms with Crippen LogP contribution in [0.25, 0.3) is 0 Å². The predicted octanol–water partition coefficient (Wildman–Crippen LogP) is 2.66. The van der Waals surface area contributed by atoms with Gasteiger partial charge in [0.05, 0.1) is 6.04 Å². The van der Waals surface area contributed by atoms with Gasteiger partial charge >= 0.3 is 0 Å². The maximum Gasteiger partial charge on any atom is 0.0724 e. The number of allylic oxidation sites excluding steroid dienone is 1. The van der Waals surface area contributed by atoms with Crippen molar-refractivity contribution in [2.75, 3.05) is 13.6 Å². The number of nitrogens with zero attached hydrogens (tertiary/aromatic N) is 1. The van der Waals surface area contributed by atoms with Gasteiger partial charge in [-0.15, -0.1) is 0 Å². The molecule has 18 heavy (non-hydrogen) atoms. The van der Waals surface area contributed by atoms with E-state index in [0.29, 0.717) is 0 Å². The lowest BCUT2D eigenvalue weighted by Crippen LogP contribution is -2.27. The van der Waals surface area contributed by atoms with Gasteiger partial charge in [-0.05, 0) is 24.6 Å². The maximum absolute atomic E-state index is 6.13. The molecule has 1 aromatic rings. The number of aliphatic imine (C=N–C) groups is 1. The van der Waals surface area contributed by atoms with Crippen molar-refractivity contribution in [2.45, 2.75) is 25.8 Å². The average Bonchev–Trinajstić information content (AvgIpc) is 2.42. The SMILES string of the molecule is CCCCNC(C(N)=CC=NC)c1ccccc1. The molecule has 0 aromatic heterocycles. The Morgan fingerprint density at radius 1 is 1.39 bits per heavy atom. The van der Waals surface area contributed by atoms with Gasteiger partial charge in [0.2, 0.25) is 0 Å². The van der Waals surface area contributed by atoms with E-state index >= 15 is 0 Å². The van der Waals surface area contributed by atoms with Crippen LogP contribution in [-0.2, 0) is 0 Å². The third kappa shape index (κ3) is 4.72. The highest BCUT2D eigenvalue weighted by molar-refractivity contribution is 5.72. The standard InChI is InChI=1S/C15H23N3/c1-3-4-11-18-15(14(16)10-12-17-2)13-8-6-5-7-9-13/h5-10,12,15,18H,3-4,11,16H2,1-2H3. The molecule has 1 unspecified atom stereocenters. The van der Waals surface area contributed by atoms with Gasteiger partial charge in [-0.2, -0.15) is 0 Å². The zero-order chi connectivity index (χ0) is 13.2. The highest BCUT2D eigenvalue weighted by Gasteiger charge is 2.12. The van der Waals surface area contributed by atoms with Crippen molar-refractivity contribution in [2.24, 2.45) is 10.7 Å². The van der Waals surface area contributed by atoms with Crippen molar-refractivity contribution in [3.8, 4) is 0 Å². The molecule has 1 rings (SSSR count). The summed E-state index contributed by atoms with van der Waals surface area (Å²) in [6.45, 7) is 3.15. The number of benzene rings is 1. The van der Waals surface area contributed by atoms with E-state index in [-0.39, 0.29) is 6.04 Å². The molecule has 0 saturated heterocycles. The van der Waals surface area contributed by atoms with Gasteiger partial charge in [0.1, 0.15) is 0 Å². The Hall–Kier alpha value is -1.61. The first-order valence-corrected chi connectivity index (χ1v) is 6.45. The Morgan fingerprint density at radius 2 is 2.11 bits per heavy atom. The highest BCUT2D eigenvalue weighted by Crippen LogP contribution is 2.17. The van der Waals surface area contributed by atoms with Crippen LogP contribution in [-0.4, -0.2) is 19.8 Å². The Labute approximate surface area is 110 Å². The first-order chi connectivity index (χ1) is 8.79. The predicted molar refractivity (Wildman–Crippen MR) is 78.8 cm³/mol. The first-order valence-electron chi connectivity index (χ1n) is 6.45. The lowest BCUT2D eigenvalue weighted by Gasteiger charge is -2.19. The van der Waals surface area contributed by atoms with Crippen molar-refractivity contribution in [3.63, 3.8) is 0 Å². The van der Waals surface area contributed by atoms with Crippen LogP contribution in [0, 0.1) is 0 Å². The highest BCUT2D eigenvalue weighted by atomic mass is 14.9. The molecule has 1 aromatic carbocycles. The molecule has 0 radical (unpaired) electrons. The number of nitrogens with one attached hydrogen (secondary N) is 1. The molecule has 0 amide bonds. The molecule has 3 nitrogen and oxygen atoms in total. The van der Waals surface area contributed by atoms with Gasteiger partial charge in [0.15, 0.2) is 0 Å². The third-order valence-corrected chi connectivity index (χ3v) is 2.76. The van der Waals surface area contributed by atoms with Crippen LogP contribution in [0.5, 0.6) is 0 Å². The van der Waals surface area contributed by atoms with Crippen molar-refractivity contribution >= 4 is 6.21 Å². The molecule has 0 bridgehead atoms. The fourth-order valence-electron chi connectivity index (χ4n) is 1.75. The van der Waals surface area contributed by atoms with Crippen LogP contribution in [0.2, 0.25) is 0 Å². The number of hydrogen-bond acceptors (Lipinski definition) is 3. The van der Waals surface area contributed by atoms with Crippen LogP contribution < -0.4 is 11.1 Å². The van der Waals surface area contributed by atoms with Crippen molar-refractivity contribution in [3.05, 3.63) is 47.7 Å². The summed E-state index contributed by atoms with van der Waals surface area (Å²) in [6.07, 6.45) is 5.91. The second-order valence-corrected chi connectivity index (χ2v) is 4.23. The molecule has 3 heteroatoms. The summed E-state index contributed by atoms with van der Waals surface area (Å²) in [6, 6.07) is 10.3. The Kier molecular flexibility index (Phi) is 6.81. The van der Waals surface area contributed by atoms with Crippen molar-refractivity contribution in [1.29, 1.82) is 0 Å². The number of nitrogens with two attached hydrogens (primary N) is 1. The van der Waals surface area contributed by atoms with E-state index in [1.807, 2.05) is 24.3 Å². The van der Waals surface area contributed by atoms with Gasteiger partial charge in [-0.3, -0.25) is 4.99 Å². The summed E-state index contributed by atoms with van der Waals surface area (Å²) in [7, 11) is 1.74. The minimum absolute atomic E-state index is 0.0655. The summed E-state index contributed by atoms with van der Waals surface area (Å²) in [5.74, 6) is 0. The summed E-state index contributed by atoms with van der Waals surface area (Å²) in [4.78, 5) is 3.94. The van der Waals surface area contributed by atoms with E-state index in [1.165, 1.54) is 12.0 Å². The van der Waals surface area contributed by atoms with Crippen LogP contribution >= 0.6 is 0 Å². The monoisotopic (exact) mass is 245 g/mol. The van der Waals surface area contributed by atoms with E-state index in [2.05, 4.69) is 29.4 Å². The Balaban J connectivity index is 2.81. The lowest BCUT2D eigenvalue weighted by atomic mass is 10.0. The molecule has 0 aliphatic rings. The summed E-state index contributed by atoms with van der Waals surface area (Å²) < 4.78 is 0. The van der Waals surface area contributed by atoms with Crippen LogP contribution in [0.15, 0.2) is 47.1 Å². The fraction of sp³-hybridized carbons (Fsp3) is 0.400. The molecule has 0 aliphatic heterocycles. The molecule has 98 valence electrons. The van der Waals surface area contributed by atoms with Gasteiger partial charge in [0.25, 0.3) is 0 Å². The zero-order valence-corrected chi connectivity index (χ0v) is 11.3. The summed E-state index contributed by atoms with van der Waals surface area (Å²) >= 11 is 0. The molecule has 0 heterocycles. The Morgan fingerprint density at radius 3 is 2.72 bits per heavy atom. The zero-order valence-electron chi connectivity index (χ0n) is 11.3. The van der Waals surface area contributed by atoms with Gasteiger partial charge in [-0.25, -0.2) is 0 Å². The molecule has 1 atom stereocenters. The Bertz CT molecular complexity index is 382. The molecular formula is C15H23N3. The maximum atomic E-state index is 6.13. The second kappa shape index (κ2) is 8.48. The molecule has 0 fully saturated rings. The molecular weight excluding hydrogens is 222 g/mol. The third-order valence-electron chi connectivity index (χ3n) is 2.76. The van der Waals surface area contributed by atoms with Gasteiger partial charge in [0, 0.05) is 19.0 Å². The minimum atomic E-state index is 0.0655. The quantitative estimate of drug-likeness (QED) is 0.573. The van der Waals surface area contributed by atoms with Crippen molar-refractivity contribution in [1.82, 2.24) is 5.32 Å².